The van der Waals surface area contributed by atoms with Crippen molar-refractivity contribution in [2.45, 2.75) is 31.7 Å². The Morgan fingerprint density at radius 2 is 2.07 bits per heavy atom. The van der Waals surface area contributed by atoms with Crippen molar-refractivity contribution in [2.24, 2.45) is 0 Å². The molecule has 1 aromatic carbocycles. The molecule has 3 heterocycles. The fourth-order valence-corrected chi connectivity index (χ4v) is 3.79. The van der Waals surface area contributed by atoms with Gasteiger partial charge in [0.2, 0.25) is 0 Å². The maximum atomic E-state index is 13.1. The first-order valence-corrected chi connectivity index (χ1v) is 9.15. The molecule has 1 amide bonds. The molecule has 2 aromatic heterocycles. The van der Waals surface area contributed by atoms with E-state index in [1.54, 1.807) is 24.6 Å². The number of aryl methyl sites for hydroxylation is 1. The van der Waals surface area contributed by atoms with Crippen LogP contribution in [-0.4, -0.2) is 32.6 Å². The first-order chi connectivity index (χ1) is 13.5. The highest BCUT2D eigenvalue weighted by Gasteiger charge is 2.36. The molecule has 0 spiro atoms. The summed E-state index contributed by atoms with van der Waals surface area (Å²) in [6.45, 7) is 2.28. The van der Waals surface area contributed by atoms with Crippen LogP contribution in [-0.2, 0) is 0 Å². The Bertz CT molecular complexity index is 987. The number of halogens is 1. The Morgan fingerprint density at radius 3 is 2.79 bits per heavy atom. The molecule has 2 atom stereocenters. The molecule has 144 valence electrons. The van der Waals surface area contributed by atoms with Gasteiger partial charge in [-0.1, -0.05) is 6.07 Å². The number of hydrogen-bond acceptors (Lipinski definition) is 4. The normalized spacial score (nSPS) is 19.6. The lowest BCUT2D eigenvalue weighted by Crippen LogP contribution is -2.40. The first-order valence-electron chi connectivity index (χ1n) is 9.15. The van der Waals surface area contributed by atoms with Crippen LogP contribution in [0.1, 0.15) is 41.9 Å². The van der Waals surface area contributed by atoms with E-state index in [-0.39, 0.29) is 17.8 Å². The van der Waals surface area contributed by atoms with Gasteiger partial charge in [0.15, 0.2) is 5.89 Å². The van der Waals surface area contributed by atoms with Crippen LogP contribution >= 0.6 is 0 Å². The summed E-state index contributed by atoms with van der Waals surface area (Å²) in [6, 6.07) is 9.53. The number of hydrogen-bond donors (Lipinski definition) is 1. The van der Waals surface area contributed by atoms with E-state index in [1.165, 1.54) is 17.0 Å². The molecule has 7 heteroatoms. The van der Waals surface area contributed by atoms with Crippen LogP contribution in [0, 0.1) is 12.7 Å². The van der Waals surface area contributed by atoms with Crippen LogP contribution in [0.15, 0.2) is 53.3 Å². The first kappa shape index (κ1) is 18.2. The maximum Gasteiger partial charge on any atom is 0.407 e. The van der Waals surface area contributed by atoms with Gasteiger partial charge in [-0.05, 0) is 55.7 Å². The molecule has 3 aromatic rings. The van der Waals surface area contributed by atoms with Gasteiger partial charge in [-0.15, -0.1) is 0 Å². The summed E-state index contributed by atoms with van der Waals surface area (Å²) in [6.07, 6.45) is 3.53. The lowest BCUT2D eigenvalue weighted by atomic mass is 9.86. The van der Waals surface area contributed by atoms with Crippen molar-refractivity contribution in [3.63, 3.8) is 0 Å². The van der Waals surface area contributed by atoms with E-state index >= 15 is 0 Å². The topological polar surface area (TPSA) is 79.5 Å². The molecule has 0 saturated carbocycles. The third-order valence-corrected chi connectivity index (χ3v) is 5.27. The lowest BCUT2D eigenvalue weighted by molar-refractivity contribution is 0.0967. The number of rotatable bonds is 3. The zero-order chi connectivity index (χ0) is 19.7. The van der Waals surface area contributed by atoms with E-state index in [1.807, 2.05) is 19.1 Å². The molecular formula is C21H20FN3O3. The number of amides is 1. The highest BCUT2D eigenvalue weighted by molar-refractivity contribution is 5.66. The van der Waals surface area contributed by atoms with E-state index in [9.17, 15) is 14.3 Å². The smallest absolute Gasteiger partial charge is 0.407 e. The van der Waals surface area contributed by atoms with Crippen molar-refractivity contribution in [3.8, 4) is 11.3 Å². The van der Waals surface area contributed by atoms with Crippen molar-refractivity contribution >= 4 is 6.09 Å². The standard InChI is InChI=1S/C21H20FN3O3/c1-13-17(3-2-9-23-13)19-11-15(8-10-25(19)21(26)27)20-24-18(12-28-20)14-4-6-16(22)7-5-14/h2-7,9,12,15,19H,8,10-11H2,1H3,(H,26,27). The third-order valence-electron chi connectivity index (χ3n) is 5.27. The van der Waals surface area contributed by atoms with Crippen molar-refractivity contribution in [1.29, 1.82) is 0 Å². The van der Waals surface area contributed by atoms with Crippen molar-refractivity contribution in [2.75, 3.05) is 6.54 Å². The van der Waals surface area contributed by atoms with Crippen LogP contribution in [0.2, 0.25) is 0 Å². The number of carbonyl (C=O) groups is 1. The number of nitrogens with zero attached hydrogens (tertiary/aromatic N) is 3. The SMILES string of the molecule is Cc1ncccc1C1CC(c2nc(-c3ccc(F)cc3)co2)CCN1C(=O)O. The molecule has 2 unspecified atom stereocenters. The molecule has 0 bridgehead atoms. The second-order valence-corrected chi connectivity index (χ2v) is 6.97. The summed E-state index contributed by atoms with van der Waals surface area (Å²) in [7, 11) is 0. The number of aromatic nitrogens is 2. The third kappa shape index (κ3) is 3.47. The van der Waals surface area contributed by atoms with Crippen LogP contribution in [0.4, 0.5) is 9.18 Å². The fourth-order valence-electron chi connectivity index (χ4n) is 3.79. The van der Waals surface area contributed by atoms with Crippen molar-refractivity contribution < 1.29 is 18.7 Å². The quantitative estimate of drug-likeness (QED) is 0.706. The summed E-state index contributed by atoms with van der Waals surface area (Å²) in [5.74, 6) is 0.272. The minimum absolute atomic E-state index is 0.00518. The molecule has 1 fully saturated rings. The summed E-state index contributed by atoms with van der Waals surface area (Å²) in [5.41, 5.74) is 3.14. The van der Waals surface area contributed by atoms with E-state index < -0.39 is 6.09 Å². The van der Waals surface area contributed by atoms with Crippen LogP contribution in [0.3, 0.4) is 0 Å². The summed E-state index contributed by atoms with van der Waals surface area (Å²) < 4.78 is 18.8. The fraction of sp³-hybridized carbons (Fsp3) is 0.286. The van der Waals surface area contributed by atoms with Gasteiger partial charge in [0.05, 0.1) is 6.04 Å². The van der Waals surface area contributed by atoms with Crippen LogP contribution in [0.5, 0.6) is 0 Å². The molecular weight excluding hydrogens is 361 g/mol. The van der Waals surface area contributed by atoms with Gasteiger partial charge in [0, 0.05) is 29.9 Å². The molecule has 0 radical (unpaired) electrons. The van der Waals surface area contributed by atoms with Gasteiger partial charge in [0.25, 0.3) is 0 Å². The number of oxazole rings is 1. The monoisotopic (exact) mass is 381 g/mol. The summed E-state index contributed by atoms with van der Waals surface area (Å²) >= 11 is 0. The molecule has 4 rings (SSSR count). The highest BCUT2D eigenvalue weighted by Crippen LogP contribution is 2.40. The van der Waals surface area contributed by atoms with Crippen LogP contribution in [0.25, 0.3) is 11.3 Å². The van der Waals surface area contributed by atoms with E-state index in [2.05, 4.69) is 9.97 Å². The number of pyridine rings is 1. The molecule has 0 aliphatic carbocycles. The second kappa shape index (κ2) is 7.42. The number of piperidine rings is 1. The Hall–Kier alpha value is -3.22. The zero-order valence-corrected chi connectivity index (χ0v) is 15.4. The Kier molecular flexibility index (Phi) is 4.81. The second-order valence-electron chi connectivity index (χ2n) is 6.97. The average molecular weight is 381 g/mol. The largest absolute Gasteiger partial charge is 0.465 e. The average Bonchev–Trinajstić information content (AvgIpc) is 3.18. The minimum Gasteiger partial charge on any atom is -0.465 e. The van der Waals surface area contributed by atoms with Crippen molar-refractivity contribution in [3.05, 3.63) is 71.8 Å². The predicted octanol–water partition coefficient (Wildman–Crippen LogP) is 4.78. The van der Waals surface area contributed by atoms with Gasteiger partial charge in [-0.2, -0.15) is 0 Å². The van der Waals surface area contributed by atoms with Crippen LogP contribution < -0.4 is 0 Å². The van der Waals surface area contributed by atoms with Crippen molar-refractivity contribution in [1.82, 2.24) is 14.9 Å². The molecule has 1 saturated heterocycles. The lowest BCUT2D eigenvalue weighted by Gasteiger charge is -2.37. The van der Waals surface area contributed by atoms with Gasteiger partial charge < -0.3 is 14.4 Å². The molecule has 6 nitrogen and oxygen atoms in total. The van der Waals surface area contributed by atoms with E-state index in [0.717, 1.165) is 16.8 Å². The molecule has 28 heavy (non-hydrogen) atoms. The molecule has 1 N–H and O–H groups in total. The Morgan fingerprint density at radius 1 is 1.29 bits per heavy atom. The summed E-state index contributed by atoms with van der Waals surface area (Å²) in [5, 5.41) is 9.63. The molecule has 1 aliphatic rings. The maximum absolute atomic E-state index is 13.1. The zero-order valence-electron chi connectivity index (χ0n) is 15.4. The van der Waals surface area contributed by atoms with Gasteiger partial charge in [-0.25, -0.2) is 14.2 Å². The number of carboxylic acid groups (broad SMARTS) is 1. The number of benzene rings is 1. The number of likely N-dealkylation sites (tertiary alicyclic amines) is 1. The van der Waals surface area contributed by atoms with Gasteiger partial charge in [0.1, 0.15) is 17.8 Å². The van der Waals surface area contributed by atoms with Gasteiger partial charge in [-0.3, -0.25) is 4.98 Å². The van der Waals surface area contributed by atoms with E-state index in [0.29, 0.717) is 31.0 Å². The van der Waals surface area contributed by atoms with E-state index in [4.69, 9.17) is 4.42 Å². The Balaban J connectivity index is 1.60. The summed E-state index contributed by atoms with van der Waals surface area (Å²) in [4.78, 5) is 22.1. The highest BCUT2D eigenvalue weighted by atomic mass is 19.1. The molecule has 1 aliphatic heterocycles. The Labute approximate surface area is 161 Å². The predicted molar refractivity (Wildman–Crippen MR) is 100 cm³/mol. The van der Waals surface area contributed by atoms with Gasteiger partial charge >= 0.3 is 6.09 Å². The minimum atomic E-state index is -0.939.